The van der Waals surface area contributed by atoms with Crippen LogP contribution in [0, 0.1) is 15.9 Å². The fraction of sp³-hybridized carbons (Fsp3) is 0.222. The topological polar surface area (TPSA) is 127 Å². The van der Waals surface area contributed by atoms with Crippen LogP contribution in [0.3, 0.4) is 0 Å². The number of carboxylic acid groups (broad SMARTS) is 1. The summed E-state index contributed by atoms with van der Waals surface area (Å²) in [5.74, 6) is -2.60. The van der Waals surface area contributed by atoms with Crippen LogP contribution in [0.4, 0.5) is 10.1 Å². The minimum absolute atomic E-state index is 0.520. The minimum atomic E-state index is -4.28. The minimum Gasteiger partial charge on any atom is -0.480 e. The molecule has 19 heavy (non-hydrogen) atoms. The van der Waals surface area contributed by atoms with E-state index >= 15 is 0 Å². The Hall–Kier alpha value is -2.07. The third-order valence-electron chi connectivity index (χ3n) is 2.13. The largest absolute Gasteiger partial charge is 0.480 e. The van der Waals surface area contributed by atoms with Crippen molar-refractivity contribution in [1.82, 2.24) is 4.72 Å². The lowest BCUT2D eigenvalue weighted by Gasteiger charge is -2.10. The van der Waals surface area contributed by atoms with Gasteiger partial charge in [-0.1, -0.05) is 0 Å². The van der Waals surface area contributed by atoms with E-state index in [4.69, 9.17) is 5.11 Å². The summed E-state index contributed by atoms with van der Waals surface area (Å²) in [7, 11) is -4.28. The number of aliphatic carboxylic acids is 1. The number of carbonyl (C=O) groups is 1. The molecule has 10 heteroatoms. The maximum absolute atomic E-state index is 13.0. The molecule has 0 aromatic heterocycles. The Morgan fingerprint density at radius 3 is 2.58 bits per heavy atom. The van der Waals surface area contributed by atoms with Crippen molar-refractivity contribution in [3.05, 3.63) is 34.1 Å². The molecule has 1 unspecified atom stereocenters. The van der Waals surface area contributed by atoms with Gasteiger partial charge in [0.15, 0.2) is 0 Å². The molecule has 0 spiro atoms. The molecule has 104 valence electrons. The lowest BCUT2D eigenvalue weighted by molar-refractivity contribution is -0.387. The number of rotatable bonds is 5. The van der Waals surface area contributed by atoms with Crippen molar-refractivity contribution in [3.63, 3.8) is 0 Å². The van der Waals surface area contributed by atoms with E-state index in [9.17, 15) is 27.7 Å². The molecular weight excluding hydrogens is 283 g/mol. The number of hydrogen-bond donors (Lipinski definition) is 2. The first-order chi connectivity index (χ1) is 8.65. The summed E-state index contributed by atoms with van der Waals surface area (Å²) in [6, 6.07) is 0.526. The van der Waals surface area contributed by atoms with Gasteiger partial charge in [-0.2, -0.15) is 9.11 Å². The Morgan fingerprint density at radius 1 is 1.53 bits per heavy atom. The normalized spacial score (nSPS) is 12.9. The molecule has 0 heterocycles. The van der Waals surface area contributed by atoms with Gasteiger partial charge in [-0.05, 0) is 19.1 Å². The zero-order valence-corrected chi connectivity index (χ0v) is 10.3. The van der Waals surface area contributed by atoms with Crippen LogP contribution in [0.15, 0.2) is 23.1 Å². The average Bonchev–Trinajstić information content (AvgIpc) is 2.27. The fourth-order valence-corrected chi connectivity index (χ4v) is 2.37. The van der Waals surface area contributed by atoms with E-state index in [1.807, 2.05) is 0 Å². The van der Waals surface area contributed by atoms with Crippen LogP contribution in [-0.2, 0) is 14.8 Å². The lowest BCUT2D eigenvalue weighted by atomic mass is 10.3. The van der Waals surface area contributed by atoms with Crippen molar-refractivity contribution in [3.8, 4) is 0 Å². The molecule has 0 fully saturated rings. The predicted molar refractivity (Wildman–Crippen MR) is 60.5 cm³/mol. The summed E-state index contributed by atoms with van der Waals surface area (Å²) in [5.41, 5.74) is -1.01. The molecule has 0 radical (unpaired) electrons. The summed E-state index contributed by atoms with van der Waals surface area (Å²) in [6.45, 7) is 1.08. The molecule has 1 aromatic carbocycles. The molecular formula is C9H9FN2O6S. The molecule has 0 saturated heterocycles. The molecule has 0 aliphatic carbocycles. The van der Waals surface area contributed by atoms with Crippen molar-refractivity contribution >= 4 is 21.7 Å². The quantitative estimate of drug-likeness (QED) is 0.600. The number of nitro benzene ring substituents is 1. The second kappa shape index (κ2) is 5.28. The summed E-state index contributed by atoms with van der Waals surface area (Å²) in [4.78, 5) is 19.4. The fourth-order valence-electron chi connectivity index (χ4n) is 1.15. The van der Waals surface area contributed by atoms with Crippen LogP contribution in [0.2, 0.25) is 0 Å². The van der Waals surface area contributed by atoms with Crippen LogP contribution < -0.4 is 4.72 Å². The number of sulfonamides is 1. The highest BCUT2D eigenvalue weighted by Gasteiger charge is 2.25. The summed E-state index contributed by atoms with van der Waals surface area (Å²) in [6.07, 6.45) is 0. The molecule has 1 rings (SSSR count). The molecule has 1 aromatic rings. The smallest absolute Gasteiger partial charge is 0.321 e. The van der Waals surface area contributed by atoms with Crippen molar-refractivity contribution in [2.24, 2.45) is 0 Å². The Kier molecular flexibility index (Phi) is 4.17. The van der Waals surface area contributed by atoms with E-state index in [0.717, 1.165) is 13.0 Å². The van der Waals surface area contributed by atoms with Crippen LogP contribution in [0.25, 0.3) is 0 Å². The number of hydrogen-bond acceptors (Lipinski definition) is 5. The number of nitrogens with one attached hydrogen (secondary N) is 1. The first kappa shape index (κ1) is 15.0. The monoisotopic (exact) mass is 292 g/mol. The van der Waals surface area contributed by atoms with Gasteiger partial charge in [-0.25, -0.2) is 8.42 Å². The summed E-state index contributed by atoms with van der Waals surface area (Å²) >= 11 is 0. The average molecular weight is 292 g/mol. The number of benzene rings is 1. The molecule has 0 aliphatic rings. The van der Waals surface area contributed by atoms with Gasteiger partial charge in [-0.3, -0.25) is 14.9 Å². The van der Waals surface area contributed by atoms with Gasteiger partial charge in [0.1, 0.15) is 6.04 Å². The molecule has 1 atom stereocenters. The van der Waals surface area contributed by atoms with Crippen molar-refractivity contribution < 1.29 is 27.6 Å². The van der Waals surface area contributed by atoms with Gasteiger partial charge >= 0.3 is 11.7 Å². The molecule has 2 N–H and O–H groups in total. The standard InChI is InChI=1S/C9H9FN2O6S/c1-5(9(13)14)11-19(17,18)6-2-3-7(10)8(4-6)12(15)16/h2-5,11H,1H3,(H,13,14). The van der Waals surface area contributed by atoms with Gasteiger partial charge < -0.3 is 5.11 Å². The van der Waals surface area contributed by atoms with E-state index in [1.165, 1.54) is 0 Å². The Balaban J connectivity index is 3.19. The third kappa shape index (κ3) is 3.45. The predicted octanol–water partition coefficient (Wildman–Crippen LogP) is 0.485. The second-order valence-electron chi connectivity index (χ2n) is 3.55. The van der Waals surface area contributed by atoms with Gasteiger partial charge in [0, 0.05) is 6.07 Å². The number of halogens is 1. The van der Waals surface area contributed by atoms with Gasteiger partial charge in [0.2, 0.25) is 15.8 Å². The van der Waals surface area contributed by atoms with E-state index < -0.39 is 43.4 Å². The Morgan fingerprint density at radius 2 is 2.11 bits per heavy atom. The second-order valence-corrected chi connectivity index (χ2v) is 5.27. The first-order valence-electron chi connectivity index (χ1n) is 4.84. The number of nitro groups is 1. The highest BCUT2D eigenvalue weighted by Crippen LogP contribution is 2.21. The van der Waals surface area contributed by atoms with Crippen molar-refractivity contribution in [1.29, 1.82) is 0 Å². The maximum Gasteiger partial charge on any atom is 0.321 e. The van der Waals surface area contributed by atoms with Crippen molar-refractivity contribution in [2.75, 3.05) is 0 Å². The van der Waals surface area contributed by atoms with Gasteiger partial charge in [0.25, 0.3) is 0 Å². The highest BCUT2D eigenvalue weighted by atomic mass is 32.2. The maximum atomic E-state index is 13.0. The van der Waals surface area contributed by atoms with E-state index in [-0.39, 0.29) is 0 Å². The van der Waals surface area contributed by atoms with Crippen LogP contribution in [0.5, 0.6) is 0 Å². The molecule has 0 saturated carbocycles. The molecule has 0 aliphatic heterocycles. The zero-order valence-electron chi connectivity index (χ0n) is 9.53. The molecule has 0 bridgehead atoms. The van der Waals surface area contributed by atoms with E-state index in [2.05, 4.69) is 0 Å². The Labute approximate surface area is 107 Å². The summed E-state index contributed by atoms with van der Waals surface area (Å²) in [5, 5.41) is 19.1. The first-order valence-corrected chi connectivity index (χ1v) is 6.32. The summed E-state index contributed by atoms with van der Waals surface area (Å²) < 4.78 is 38.3. The van der Waals surface area contributed by atoms with E-state index in [1.54, 1.807) is 4.72 Å². The van der Waals surface area contributed by atoms with Crippen LogP contribution in [-0.4, -0.2) is 30.5 Å². The van der Waals surface area contributed by atoms with Crippen LogP contribution in [0.1, 0.15) is 6.92 Å². The number of nitrogens with zero attached hydrogens (tertiary/aromatic N) is 1. The zero-order chi connectivity index (χ0) is 14.8. The highest BCUT2D eigenvalue weighted by molar-refractivity contribution is 7.89. The Bertz CT molecular complexity index is 630. The van der Waals surface area contributed by atoms with Crippen molar-refractivity contribution in [2.45, 2.75) is 17.9 Å². The number of carboxylic acids is 1. The van der Waals surface area contributed by atoms with E-state index in [0.29, 0.717) is 12.1 Å². The SMILES string of the molecule is CC(NS(=O)(=O)c1ccc(F)c([N+](=O)[O-])c1)C(=O)O. The van der Waals surface area contributed by atoms with Gasteiger partial charge in [-0.15, -0.1) is 0 Å². The van der Waals surface area contributed by atoms with Gasteiger partial charge in [0.05, 0.1) is 9.82 Å². The van der Waals surface area contributed by atoms with Crippen LogP contribution >= 0.6 is 0 Å². The molecule has 0 amide bonds. The molecule has 8 nitrogen and oxygen atoms in total. The third-order valence-corrected chi connectivity index (χ3v) is 3.67. The lowest BCUT2D eigenvalue weighted by Crippen LogP contribution is -2.38.